The first-order chi connectivity index (χ1) is 12.4. The molecule has 0 saturated heterocycles. The number of ketones is 1. The predicted octanol–water partition coefficient (Wildman–Crippen LogP) is 4.02. The quantitative estimate of drug-likeness (QED) is 0.831. The molecule has 4 nitrogen and oxygen atoms in total. The molecule has 0 fully saturated rings. The normalized spacial score (nSPS) is 22.9. The highest BCUT2D eigenvalue weighted by molar-refractivity contribution is 6.00. The van der Waals surface area contributed by atoms with E-state index in [4.69, 9.17) is 4.74 Å². The lowest BCUT2D eigenvalue weighted by molar-refractivity contribution is -0.151. The third-order valence-electron chi connectivity index (χ3n) is 5.14. The number of hydrogen-bond acceptors (Lipinski definition) is 4. The van der Waals surface area contributed by atoms with Crippen molar-refractivity contribution in [2.24, 2.45) is 5.92 Å². The lowest BCUT2D eigenvalue weighted by atomic mass is 9.71. The molecule has 2 atom stereocenters. The largest absolute Gasteiger partial charge is 0.462 e. The van der Waals surface area contributed by atoms with Gasteiger partial charge in [-0.05, 0) is 44.2 Å². The van der Waals surface area contributed by atoms with Gasteiger partial charge in [-0.3, -0.25) is 9.59 Å². The second kappa shape index (κ2) is 7.48. The maximum atomic E-state index is 12.9. The second-order valence-corrected chi connectivity index (χ2v) is 7.36. The van der Waals surface area contributed by atoms with Gasteiger partial charge in [0.25, 0.3) is 0 Å². The first-order valence-electron chi connectivity index (χ1n) is 9.43. The number of hydrogen-bond donors (Lipinski definition) is 1. The highest BCUT2D eigenvalue weighted by atomic mass is 16.5. The van der Waals surface area contributed by atoms with Crippen LogP contribution in [0.25, 0.3) is 0 Å². The number of allylic oxidation sites excluding steroid dienone is 2. The number of carbonyl (C=O) groups is 2. The minimum Gasteiger partial charge on any atom is -0.462 e. The fourth-order valence-corrected chi connectivity index (χ4v) is 3.90. The SMILES string of the molecule is C=C1NC2=C(C(=O)CCC2)C(c2ccc(CC)cc2)C1C(=O)OC(C)C. The van der Waals surface area contributed by atoms with E-state index in [1.165, 1.54) is 5.56 Å². The van der Waals surface area contributed by atoms with Gasteiger partial charge in [-0.2, -0.15) is 0 Å². The smallest absolute Gasteiger partial charge is 0.316 e. The van der Waals surface area contributed by atoms with Gasteiger partial charge in [0.15, 0.2) is 5.78 Å². The van der Waals surface area contributed by atoms with Crippen molar-refractivity contribution in [3.05, 3.63) is 58.9 Å². The maximum Gasteiger partial charge on any atom is 0.316 e. The van der Waals surface area contributed by atoms with Crippen molar-refractivity contribution in [3.8, 4) is 0 Å². The zero-order valence-electron chi connectivity index (χ0n) is 15.8. The Bertz CT molecular complexity index is 758. The molecule has 138 valence electrons. The summed E-state index contributed by atoms with van der Waals surface area (Å²) in [6.45, 7) is 9.86. The third-order valence-corrected chi connectivity index (χ3v) is 5.14. The van der Waals surface area contributed by atoms with E-state index in [0.29, 0.717) is 12.1 Å². The van der Waals surface area contributed by atoms with E-state index in [-0.39, 0.29) is 23.8 Å². The molecule has 2 unspecified atom stereocenters. The molecule has 3 rings (SSSR count). The summed E-state index contributed by atoms with van der Waals surface area (Å²) in [5, 5.41) is 3.24. The number of ether oxygens (including phenoxy) is 1. The fraction of sp³-hybridized carbons (Fsp3) is 0.455. The van der Waals surface area contributed by atoms with Crippen LogP contribution < -0.4 is 5.32 Å². The molecule has 0 amide bonds. The predicted molar refractivity (Wildman–Crippen MR) is 101 cm³/mol. The molecule has 1 N–H and O–H groups in total. The van der Waals surface area contributed by atoms with Crippen LogP contribution in [-0.4, -0.2) is 17.9 Å². The average molecular weight is 353 g/mol. The lowest BCUT2D eigenvalue weighted by Gasteiger charge is -2.38. The van der Waals surface area contributed by atoms with Crippen molar-refractivity contribution < 1.29 is 14.3 Å². The standard InChI is InChI=1S/C22H27NO3/c1-5-15-9-11-16(12-10-15)20-19(22(25)26-13(2)3)14(4)23-17-7-6-8-18(24)21(17)20/h9-13,19-20,23H,4-8H2,1-3H3. The molecule has 1 aromatic rings. The molecule has 4 heteroatoms. The number of nitrogens with one attached hydrogen (secondary N) is 1. The van der Waals surface area contributed by atoms with E-state index in [0.717, 1.165) is 36.1 Å². The van der Waals surface area contributed by atoms with Crippen LogP contribution in [0.2, 0.25) is 0 Å². The van der Waals surface area contributed by atoms with E-state index < -0.39 is 5.92 Å². The molecule has 0 saturated carbocycles. The van der Waals surface area contributed by atoms with Gasteiger partial charge in [0.1, 0.15) is 5.92 Å². The van der Waals surface area contributed by atoms with Crippen LogP contribution in [-0.2, 0) is 20.7 Å². The van der Waals surface area contributed by atoms with Crippen molar-refractivity contribution in [1.29, 1.82) is 0 Å². The van der Waals surface area contributed by atoms with Crippen molar-refractivity contribution in [1.82, 2.24) is 5.32 Å². The van der Waals surface area contributed by atoms with E-state index in [1.54, 1.807) is 0 Å². The molecule has 1 aromatic carbocycles. The van der Waals surface area contributed by atoms with Crippen molar-refractivity contribution in [2.75, 3.05) is 0 Å². The van der Waals surface area contributed by atoms with Crippen LogP contribution in [0, 0.1) is 5.92 Å². The Hall–Kier alpha value is -2.36. The first-order valence-corrected chi connectivity index (χ1v) is 9.43. The molecule has 0 radical (unpaired) electrons. The minimum absolute atomic E-state index is 0.123. The summed E-state index contributed by atoms with van der Waals surface area (Å²) in [6.07, 6.45) is 2.92. The number of carbonyl (C=O) groups excluding carboxylic acids is 2. The summed E-state index contributed by atoms with van der Waals surface area (Å²) in [6, 6.07) is 8.20. The average Bonchev–Trinajstić information content (AvgIpc) is 2.60. The molecule has 1 aliphatic heterocycles. The van der Waals surface area contributed by atoms with Crippen molar-refractivity contribution in [2.45, 2.75) is 58.5 Å². The van der Waals surface area contributed by atoms with Gasteiger partial charge >= 0.3 is 5.97 Å². The number of aryl methyl sites for hydroxylation is 1. The molecular weight excluding hydrogens is 326 g/mol. The van der Waals surface area contributed by atoms with Crippen molar-refractivity contribution >= 4 is 11.8 Å². The molecule has 0 bridgehead atoms. The van der Waals surface area contributed by atoms with Gasteiger partial charge < -0.3 is 10.1 Å². The van der Waals surface area contributed by atoms with Gasteiger partial charge in [0.05, 0.1) is 6.10 Å². The number of rotatable bonds is 4. The summed E-state index contributed by atoms with van der Waals surface area (Å²) in [5.41, 5.74) is 4.47. The molecule has 1 aliphatic carbocycles. The summed E-state index contributed by atoms with van der Waals surface area (Å²) < 4.78 is 5.50. The third kappa shape index (κ3) is 3.46. The van der Waals surface area contributed by atoms with Gasteiger partial charge in [0.2, 0.25) is 0 Å². The zero-order chi connectivity index (χ0) is 18.8. The van der Waals surface area contributed by atoms with Gasteiger partial charge in [-0.15, -0.1) is 0 Å². The van der Waals surface area contributed by atoms with Crippen molar-refractivity contribution in [3.63, 3.8) is 0 Å². The maximum absolute atomic E-state index is 12.9. The zero-order valence-corrected chi connectivity index (χ0v) is 15.8. The molecular formula is C22H27NO3. The van der Waals surface area contributed by atoms with Gasteiger partial charge in [-0.1, -0.05) is 37.8 Å². The van der Waals surface area contributed by atoms with E-state index in [2.05, 4.69) is 31.0 Å². The van der Waals surface area contributed by atoms with Crippen LogP contribution in [0.3, 0.4) is 0 Å². The minimum atomic E-state index is -0.592. The summed E-state index contributed by atoms with van der Waals surface area (Å²) in [7, 11) is 0. The fourth-order valence-electron chi connectivity index (χ4n) is 3.90. The summed E-state index contributed by atoms with van der Waals surface area (Å²) in [4.78, 5) is 25.6. The highest BCUT2D eigenvalue weighted by Crippen LogP contribution is 2.44. The van der Waals surface area contributed by atoms with Crippen LogP contribution in [0.15, 0.2) is 47.8 Å². The van der Waals surface area contributed by atoms with Crippen LogP contribution >= 0.6 is 0 Å². The monoisotopic (exact) mass is 353 g/mol. The summed E-state index contributed by atoms with van der Waals surface area (Å²) in [5.74, 6) is -1.13. The Morgan fingerprint density at radius 1 is 1.27 bits per heavy atom. The molecule has 1 heterocycles. The second-order valence-electron chi connectivity index (χ2n) is 7.36. The molecule has 26 heavy (non-hydrogen) atoms. The highest BCUT2D eigenvalue weighted by Gasteiger charge is 2.43. The number of Topliss-reactive ketones (excluding diaryl/α,β-unsaturated/α-hetero) is 1. The Kier molecular flexibility index (Phi) is 5.30. The van der Waals surface area contributed by atoms with Gasteiger partial charge in [-0.25, -0.2) is 0 Å². The number of benzene rings is 1. The Balaban J connectivity index is 2.09. The number of esters is 1. The summed E-state index contributed by atoms with van der Waals surface area (Å²) >= 11 is 0. The van der Waals surface area contributed by atoms with E-state index >= 15 is 0 Å². The van der Waals surface area contributed by atoms with Crippen LogP contribution in [0.1, 0.15) is 57.1 Å². The topological polar surface area (TPSA) is 55.4 Å². The van der Waals surface area contributed by atoms with Crippen LogP contribution in [0.4, 0.5) is 0 Å². The lowest BCUT2D eigenvalue weighted by Crippen LogP contribution is -2.41. The molecule has 2 aliphatic rings. The Morgan fingerprint density at radius 3 is 2.58 bits per heavy atom. The molecule has 0 aromatic heterocycles. The van der Waals surface area contributed by atoms with Crippen LogP contribution in [0.5, 0.6) is 0 Å². The Morgan fingerprint density at radius 2 is 1.96 bits per heavy atom. The van der Waals surface area contributed by atoms with E-state index in [9.17, 15) is 9.59 Å². The van der Waals surface area contributed by atoms with Gasteiger partial charge in [0, 0.05) is 29.3 Å². The Labute approximate surface area is 155 Å². The molecule has 0 spiro atoms. The first kappa shape index (κ1) is 18.4. The van der Waals surface area contributed by atoms with E-state index in [1.807, 2.05) is 26.0 Å².